The molecule has 0 aliphatic carbocycles. The number of aliphatic hydroxyl groups excluding tert-OH is 1. The van der Waals surface area contributed by atoms with E-state index in [9.17, 15) is 10.2 Å². The number of phenols is 1. The van der Waals surface area contributed by atoms with Gasteiger partial charge < -0.3 is 15.5 Å². The maximum atomic E-state index is 10.1. The van der Waals surface area contributed by atoms with Crippen LogP contribution in [0.2, 0.25) is 0 Å². The summed E-state index contributed by atoms with van der Waals surface area (Å²) in [7, 11) is 0. The molecule has 3 N–H and O–H groups in total. The van der Waals surface area contributed by atoms with E-state index in [2.05, 4.69) is 36.5 Å². The highest BCUT2D eigenvalue weighted by Crippen LogP contribution is 2.16. The Labute approximate surface area is 126 Å². The van der Waals surface area contributed by atoms with Gasteiger partial charge in [-0.15, -0.1) is 0 Å². The van der Waals surface area contributed by atoms with Crippen molar-refractivity contribution in [3.63, 3.8) is 0 Å². The van der Waals surface area contributed by atoms with Crippen LogP contribution in [-0.2, 0) is 6.42 Å². The summed E-state index contributed by atoms with van der Waals surface area (Å²) >= 11 is 0. The maximum absolute atomic E-state index is 10.1. The van der Waals surface area contributed by atoms with Crippen molar-refractivity contribution in [3.05, 3.63) is 65.7 Å². The van der Waals surface area contributed by atoms with Gasteiger partial charge in [0.05, 0.1) is 6.10 Å². The number of aryl methyl sites for hydroxylation is 1. The Hall–Kier alpha value is -1.84. The van der Waals surface area contributed by atoms with Crippen molar-refractivity contribution in [1.29, 1.82) is 0 Å². The topological polar surface area (TPSA) is 52.5 Å². The second-order valence-corrected chi connectivity index (χ2v) is 5.44. The fourth-order valence-corrected chi connectivity index (χ4v) is 2.26. The first-order valence-electron chi connectivity index (χ1n) is 7.39. The molecule has 0 fully saturated rings. The smallest absolute Gasteiger partial charge is 0.115 e. The summed E-state index contributed by atoms with van der Waals surface area (Å²) in [6, 6.07) is 17.4. The SMILES string of the molecule is CC(CCc1ccccc1)NCC(O)c1ccc(O)cc1. The van der Waals surface area contributed by atoms with Crippen molar-refractivity contribution in [3.8, 4) is 5.75 Å². The molecule has 0 amide bonds. The van der Waals surface area contributed by atoms with E-state index >= 15 is 0 Å². The van der Waals surface area contributed by atoms with E-state index in [4.69, 9.17) is 0 Å². The van der Waals surface area contributed by atoms with Crippen LogP contribution in [0.5, 0.6) is 5.75 Å². The van der Waals surface area contributed by atoms with E-state index < -0.39 is 6.10 Å². The van der Waals surface area contributed by atoms with Crippen molar-refractivity contribution in [2.24, 2.45) is 0 Å². The number of phenolic OH excluding ortho intramolecular Hbond substituents is 1. The van der Waals surface area contributed by atoms with Gasteiger partial charge in [0.1, 0.15) is 5.75 Å². The van der Waals surface area contributed by atoms with Crippen molar-refractivity contribution < 1.29 is 10.2 Å². The van der Waals surface area contributed by atoms with E-state index in [1.165, 1.54) is 5.56 Å². The summed E-state index contributed by atoms with van der Waals surface area (Å²) in [4.78, 5) is 0. The van der Waals surface area contributed by atoms with Crippen LogP contribution in [0, 0.1) is 0 Å². The quantitative estimate of drug-likeness (QED) is 0.733. The zero-order valence-electron chi connectivity index (χ0n) is 12.4. The molecule has 21 heavy (non-hydrogen) atoms. The summed E-state index contributed by atoms with van der Waals surface area (Å²) in [5.41, 5.74) is 2.15. The minimum absolute atomic E-state index is 0.218. The average Bonchev–Trinajstić information content (AvgIpc) is 2.52. The molecular formula is C18H23NO2. The van der Waals surface area contributed by atoms with Crippen LogP contribution in [0.25, 0.3) is 0 Å². The highest BCUT2D eigenvalue weighted by Gasteiger charge is 2.09. The number of nitrogens with one attached hydrogen (secondary N) is 1. The van der Waals surface area contributed by atoms with Crippen LogP contribution in [0.3, 0.4) is 0 Å². The maximum Gasteiger partial charge on any atom is 0.115 e. The minimum atomic E-state index is -0.551. The van der Waals surface area contributed by atoms with Gasteiger partial charge in [-0.05, 0) is 43.0 Å². The lowest BCUT2D eigenvalue weighted by Gasteiger charge is -2.17. The number of aliphatic hydroxyl groups is 1. The molecule has 2 aromatic carbocycles. The molecular weight excluding hydrogens is 262 g/mol. The molecule has 0 radical (unpaired) electrons. The van der Waals surface area contributed by atoms with Gasteiger partial charge in [-0.2, -0.15) is 0 Å². The van der Waals surface area contributed by atoms with Gasteiger partial charge >= 0.3 is 0 Å². The Morgan fingerprint density at radius 3 is 2.33 bits per heavy atom. The zero-order chi connectivity index (χ0) is 15.1. The summed E-state index contributed by atoms with van der Waals surface area (Å²) in [6.07, 6.45) is 1.51. The van der Waals surface area contributed by atoms with Crippen LogP contribution in [0.15, 0.2) is 54.6 Å². The summed E-state index contributed by atoms with van der Waals surface area (Å²) < 4.78 is 0. The molecule has 0 bridgehead atoms. The van der Waals surface area contributed by atoms with Crippen LogP contribution in [0.4, 0.5) is 0 Å². The fraction of sp³-hybridized carbons (Fsp3) is 0.333. The number of hydrogen-bond acceptors (Lipinski definition) is 3. The van der Waals surface area contributed by atoms with Crippen LogP contribution < -0.4 is 5.32 Å². The predicted molar refractivity (Wildman–Crippen MR) is 85.3 cm³/mol. The van der Waals surface area contributed by atoms with E-state index in [0.29, 0.717) is 12.6 Å². The van der Waals surface area contributed by atoms with Crippen molar-refractivity contribution in [2.45, 2.75) is 31.9 Å². The Balaban J connectivity index is 1.73. The molecule has 0 aromatic heterocycles. The molecule has 0 saturated carbocycles. The molecule has 0 aliphatic rings. The minimum Gasteiger partial charge on any atom is -0.508 e. The van der Waals surface area contributed by atoms with E-state index in [-0.39, 0.29) is 5.75 Å². The van der Waals surface area contributed by atoms with E-state index in [1.807, 2.05) is 6.07 Å². The van der Waals surface area contributed by atoms with Gasteiger partial charge in [0.2, 0.25) is 0 Å². The molecule has 2 aromatic rings. The Bertz CT molecular complexity index is 525. The molecule has 2 rings (SSSR count). The van der Waals surface area contributed by atoms with Gasteiger partial charge in [0.25, 0.3) is 0 Å². The second kappa shape index (κ2) is 7.81. The van der Waals surface area contributed by atoms with Crippen molar-refractivity contribution in [1.82, 2.24) is 5.32 Å². The first kappa shape index (κ1) is 15.5. The van der Waals surface area contributed by atoms with Crippen LogP contribution in [-0.4, -0.2) is 22.8 Å². The normalized spacial score (nSPS) is 13.8. The fourth-order valence-electron chi connectivity index (χ4n) is 2.26. The van der Waals surface area contributed by atoms with Crippen molar-refractivity contribution in [2.75, 3.05) is 6.54 Å². The summed E-state index contributed by atoms with van der Waals surface area (Å²) in [6.45, 7) is 2.65. The molecule has 2 atom stereocenters. The standard InChI is InChI=1S/C18H23NO2/c1-14(7-8-15-5-3-2-4-6-15)19-13-18(21)16-9-11-17(20)12-10-16/h2-6,9-12,14,18-21H,7-8,13H2,1H3. The van der Waals surface area contributed by atoms with Crippen LogP contribution in [0.1, 0.15) is 30.6 Å². The lowest BCUT2D eigenvalue weighted by Crippen LogP contribution is -2.30. The zero-order valence-corrected chi connectivity index (χ0v) is 12.4. The lowest BCUT2D eigenvalue weighted by atomic mass is 10.1. The first-order chi connectivity index (χ1) is 10.1. The number of benzene rings is 2. The highest BCUT2D eigenvalue weighted by molar-refractivity contribution is 5.27. The third-order valence-electron chi connectivity index (χ3n) is 3.65. The second-order valence-electron chi connectivity index (χ2n) is 5.44. The summed E-state index contributed by atoms with van der Waals surface area (Å²) in [5, 5.41) is 22.7. The Kier molecular flexibility index (Phi) is 5.78. The highest BCUT2D eigenvalue weighted by atomic mass is 16.3. The monoisotopic (exact) mass is 285 g/mol. The third kappa shape index (κ3) is 5.21. The Morgan fingerprint density at radius 2 is 1.67 bits per heavy atom. The largest absolute Gasteiger partial charge is 0.508 e. The van der Waals surface area contributed by atoms with Crippen LogP contribution >= 0.6 is 0 Å². The molecule has 0 spiro atoms. The molecule has 0 heterocycles. The van der Waals surface area contributed by atoms with Gasteiger partial charge in [-0.25, -0.2) is 0 Å². The van der Waals surface area contributed by atoms with E-state index in [1.54, 1.807) is 24.3 Å². The van der Waals surface area contributed by atoms with Crippen molar-refractivity contribution >= 4 is 0 Å². The molecule has 2 unspecified atom stereocenters. The molecule has 112 valence electrons. The predicted octanol–water partition coefficient (Wildman–Crippen LogP) is 3.04. The third-order valence-corrected chi connectivity index (χ3v) is 3.65. The molecule has 0 aliphatic heterocycles. The number of aromatic hydroxyl groups is 1. The molecule has 0 saturated heterocycles. The lowest BCUT2D eigenvalue weighted by molar-refractivity contribution is 0.170. The van der Waals surface area contributed by atoms with E-state index in [0.717, 1.165) is 18.4 Å². The van der Waals surface area contributed by atoms with Gasteiger partial charge in [-0.3, -0.25) is 0 Å². The molecule has 3 heteroatoms. The molecule has 3 nitrogen and oxygen atoms in total. The van der Waals surface area contributed by atoms with Gasteiger partial charge in [0, 0.05) is 12.6 Å². The first-order valence-corrected chi connectivity index (χ1v) is 7.39. The average molecular weight is 285 g/mol. The number of rotatable bonds is 7. The van der Waals surface area contributed by atoms with Gasteiger partial charge in [0.15, 0.2) is 0 Å². The van der Waals surface area contributed by atoms with Gasteiger partial charge in [-0.1, -0.05) is 42.5 Å². The Morgan fingerprint density at radius 1 is 1.00 bits per heavy atom. The number of hydrogen-bond donors (Lipinski definition) is 3. The summed E-state index contributed by atoms with van der Waals surface area (Å²) in [5.74, 6) is 0.218.